The molecule has 0 radical (unpaired) electrons. The number of para-hydroxylation sites is 1. The van der Waals surface area contributed by atoms with E-state index < -0.39 is 0 Å². The maximum absolute atomic E-state index is 6.28. The average molecular weight is 424 g/mol. The summed E-state index contributed by atoms with van der Waals surface area (Å²) in [5.74, 6) is 0. The van der Waals surface area contributed by atoms with Crippen molar-refractivity contribution in [1.82, 2.24) is 19.4 Å². The maximum atomic E-state index is 6.28. The van der Waals surface area contributed by atoms with Crippen LogP contribution in [0.1, 0.15) is 11.3 Å². The van der Waals surface area contributed by atoms with Crippen LogP contribution in [0.3, 0.4) is 0 Å². The summed E-state index contributed by atoms with van der Waals surface area (Å²) in [6.07, 6.45) is 5.00. The lowest BCUT2D eigenvalue weighted by Crippen LogP contribution is -2.13. The van der Waals surface area contributed by atoms with Gasteiger partial charge in [0.2, 0.25) is 5.28 Å². The monoisotopic (exact) mass is 423 g/mol. The van der Waals surface area contributed by atoms with Gasteiger partial charge in [-0.2, -0.15) is 4.98 Å². The third kappa shape index (κ3) is 4.56. The van der Waals surface area contributed by atoms with Crippen LogP contribution >= 0.6 is 22.9 Å². The highest BCUT2D eigenvalue weighted by atomic mass is 35.5. The van der Waals surface area contributed by atoms with E-state index in [-0.39, 0.29) is 5.28 Å². The Morgan fingerprint density at radius 3 is 2.79 bits per heavy atom. The van der Waals surface area contributed by atoms with Gasteiger partial charge in [-0.1, -0.05) is 18.2 Å². The maximum Gasteiger partial charge on any atom is 0.224 e. The number of thiophene rings is 1. The molecule has 4 rings (SSSR count). The number of halogens is 1. The van der Waals surface area contributed by atoms with Crippen molar-refractivity contribution in [3.8, 4) is 16.9 Å². The molecule has 0 spiro atoms. The highest BCUT2D eigenvalue weighted by Crippen LogP contribution is 2.32. The molecule has 3 heterocycles. The summed E-state index contributed by atoms with van der Waals surface area (Å²) in [4.78, 5) is 16.8. The third-order valence-electron chi connectivity index (χ3n) is 4.56. The fourth-order valence-electron chi connectivity index (χ4n) is 3.18. The Kier molecular flexibility index (Phi) is 6.04. The Morgan fingerprint density at radius 1 is 1.17 bits per heavy atom. The first kappa shape index (κ1) is 19.8. The molecule has 1 aromatic carbocycles. The quantitative estimate of drug-likeness (QED) is 0.234. The molecule has 0 N–H and O–H groups in total. The van der Waals surface area contributed by atoms with Crippen molar-refractivity contribution in [3.63, 3.8) is 0 Å². The van der Waals surface area contributed by atoms with Crippen LogP contribution in [0.5, 0.6) is 0 Å². The van der Waals surface area contributed by atoms with Gasteiger partial charge in [-0.3, -0.25) is 4.99 Å². The van der Waals surface area contributed by atoms with Crippen LogP contribution in [0.4, 0.5) is 0 Å². The number of nitrogens with zero attached hydrogens (tertiary/aromatic N) is 5. The van der Waals surface area contributed by atoms with E-state index in [1.807, 2.05) is 53.4 Å². The summed E-state index contributed by atoms with van der Waals surface area (Å²) in [5.41, 5.74) is 3.72. The number of benzene rings is 1. The second-order valence-corrected chi connectivity index (χ2v) is 8.31. The van der Waals surface area contributed by atoms with Crippen LogP contribution in [-0.4, -0.2) is 52.8 Å². The van der Waals surface area contributed by atoms with Crippen LogP contribution in [0.2, 0.25) is 5.28 Å². The van der Waals surface area contributed by atoms with E-state index in [1.165, 1.54) is 0 Å². The lowest BCUT2D eigenvalue weighted by molar-refractivity contribution is 0.403. The fourth-order valence-corrected chi connectivity index (χ4v) is 4.12. The van der Waals surface area contributed by atoms with Gasteiger partial charge in [0.25, 0.3) is 0 Å². The van der Waals surface area contributed by atoms with Crippen molar-refractivity contribution in [1.29, 1.82) is 0 Å². The van der Waals surface area contributed by atoms with Gasteiger partial charge in [-0.15, -0.1) is 11.3 Å². The molecular formula is C22H22ClN5S. The van der Waals surface area contributed by atoms with Crippen LogP contribution in [0.25, 0.3) is 28.0 Å². The fraction of sp³-hybridized carbons (Fsp3) is 0.227. The minimum absolute atomic E-state index is 0.244. The summed E-state index contributed by atoms with van der Waals surface area (Å²) in [5, 5.41) is 3.32. The van der Waals surface area contributed by atoms with Crippen LogP contribution < -0.4 is 0 Å². The van der Waals surface area contributed by atoms with Gasteiger partial charge >= 0.3 is 0 Å². The first-order valence-corrected chi connectivity index (χ1v) is 10.7. The Labute approximate surface area is 179 Å². The van der Waals surface area contributed by atoms with Gasteiger partial charge in [0.1, 0.15) is 5.65 Å². The van der Waals surface area contributed by atoms with E-state index in [1.54, 1.807) is 11.3 Å². The molecule has 5 nitrogen and oxygen atoms in total. The average Bonchev–Trinajstić information content (AvgIpc) is 3.34. The van der Waals surface area contributed by atoms with E-state index in [4.69, 9.17) is 11.6 Å². The smallest absolute Gasteiger partial charge is 0.224 e. The molecule has 7 heteroatoms. The van der Waals surface area contributed by atoms with Gasteiger partial charge < -0.3 is 9.47 Å². The predicted molar refractivity (Wildman–Crippen MR) is 123 cm³/mol. The van der Waals surface area contributed by atoms with E-state index in [0.717, 1.165) is 52.4 Å². The lowest BCUT2D eigenvalue weighted by atomic mass is 10.1. The molecule has 29 heavy (non-hydrogen) atoms. The van der Waals surface area contributed by atoms with Gasteiger partial charge in [-0.05, 0) is 62.9 Å². The first-order chi connectivity index (χ1) is 14.1. The minimum Gasteiger partial charge on any atom is -0.309 e. The summed E-state index contributed by atoms with van der Waals surface area (Å²) in [7, 11) is 4.15. The highest BCUT2D eigenvalue weighted by Gasteiger charge is 2.14. The van der Waals surface area contributed by atoms with Crippen LogP contribution in [0, 0.1) is 0 Å². The molecule has 0 aliphatic carbocycles. The lowest BCUT2D eigenvalue weighted by Gasteiger charge is -2.06. The summed E-state index contributed by atoms with van der Waals surface area (Å²) >= 11 is 7.93. The molecule has 3 aromatic heterocycles. The molecule has 0 atom stereocenters. The molecular weight excluding hydrogens is 402 g/mol. The molecule has 0 aliphatic heterocycles. The molecule has 4 aromatic rings. The number of aromatic nitrogens is 3. The molecule has 0 saturated carbocycles. The van der Waals surface area contributed by atoms with Crippen molar-refractivity contribution in [3.05, 3.63) is 64.2 Å². The van der Waals surface area contributed by atoms with Crippen LogP contribution in [-0.2, 0) is 0 Å². The van der Waals surface area contributed by atoms with Crippen molar-refractivity contribution in [2.24, 2.45) is 4.99 Å². The number of hydrogen-bond donors (Lipinski definition) is 0. The van der Waals surface area contributed by atoms with Gasteiger partial charge in [0, 0.05) is 45.9 Å². The Balaban J connectivity index is 1.63. The number of fused-ring (bicyclic) bond motifs is 1. The van der Waals surface area contributed by atoms with Gasteiger partial charge in [0.15, 0.2) is 0 Å². The zero-order chi connectivity index (χ0) is 20.2. The topological polar surface area (TPSA) is 46.3 Å². The normalized spacial score (nSPS) is 11.9. The highest BCUT2D eigenvalue weighted by molar-refractivity contribution is 7.12. The SMILES string of the molecule is CN(C)CCC/N=C/c1cc(-c2nc(Cl)nc3c2ccn3-c2ccccc2)cs1. The molecule has 0 bridgehead atoms. The Hall–Kier alpha value is -2.54. The summed E-state index contributed by atoms with van der Waals surface area (Å²) < 4.78 is 2.03. The van der Waals surface area contributed by atoms with Crippen molar-refractivity contribution < 1.29 is 0 Å². The van der Waals surface area contributed by atoms with Crippen molar-refractivity contribution in [2.75, 3.05) is 27.2 Å². The summed E-state index contributed by atoms with van der Waals surface area (Å²) in [6.45, 7) is 1.87. The van der Waals surface area contributed by atoms with Gasteiger partial charge in [-0.25, -0.2) is 4.98 Å². The number of aliphatic imine (C=N–C) groups is 1. The van der Waals surface area contributed by atoms with E-state index in [9.17, 15) is 0 Å². The molecule has 148 valence electrons. The predicted octanol–water partition coefficient (Wildman–Crippen LogP) is 5.17. The molecule has 0 saturated heterocycles. The van der Waals surface area contributed by atoms with E-state index in [0.29, 0.717) is 0 Å². The minimum atomic E-state index is 0.244. The molecule has 0 unspecified atom stereocenters. The zero-order valence-corrected chi connectivity index (χ0v) is 18.0. The number of rotatable bonds is 7. The van der Waals surface area contributed by atoms with Crippen molar-refractivity contribution in [2.45, 2.75) is 6.42 Å². The van der Waals surface area contributed by atoms with Crippen LogP contribution in [0.15, 0.2) is 59.0 Å². The molecule has 0 aliphatic rings. The largest absolute Gasteiger partial charge is 0.309 e. The van der Waals surface area contributed by atoms with E-state index >= 15 is 0 Å². The summed E-state index contributed by atoms with van der Waals surface area (Å²) in [6, 6.07) is 14.3. The third-order valence-corrected chi connectivity index (χ3v) is 5.59. The second kappa shape index (κ2) is 8.86. The van der Waals surface area contributed by atoms with E-state index in [2.05, 4.69) is 45.4 Å². The molecule has 0 fully saturated rings. The van der Waals surface area contributed by atoms with Gasteiger partial charge in [0.05, 0.1) is 5.69 Å². The number of hydrogen-bond acceptors (Lipinski definition) is 5. The molecule has 0 amide bonds. The standard InChI is InChI=1S/C22H22ClN5S/c1-27(2)11-6-10-24-14-18-13-16(15-29-18)20-19-9-12-28(17-7-4-3-5-8-17)21(19)26-22(23)25-20/h3-5,7-9,12-15H,6,10-11H2,1-2H3/b24-14+. The van der Waals surface area contributed by atoms with Crippen molar-refractivity contribution >= 4 is 40.2 Å². The zero-order valence-electron chi connectivity index (χ0n) is 16.4. The Morgan fingerprint density at radius 2 is 2.00 bits per heavy atom. The first-order valence-electron chi connectivity index (χ1n) is 9.45. The Bertz CT molecular complexity index is 1130. The second-order valence-electron chi connectivity index (χ2n) is 7.03.